The van der Waals surface area contributed by atoms with Gasteiger partial charge < -0.3 is 9.73 Å². The van der Waals surface area contributed by atoms with E-state index in [0.29, 0.717) is 45.5 Å². The summed E-state index contributed by atoms with van der Waals surface area (Å²) in [6.45, 7) is 1.75. The molecule has 4 rings (SSSR count). The predicted octanol–water partition coefficient (Wildman–Crippen LogP) is 4.98. The summed E-state index contributed by atoms with van der Waals surface area (Å²) in [5.74, 6) is -0.138. The summed E-state index contributed by atoms with van der Waals surface area (Å²) in [5.41, 5.74) is 5.14. The Morgan fingerprint density at radius 2 is 1.91 bits per heavy atom. The van der Waals surface area contributed by atoms with E-state index < -0.39 is 10.8 Å². The Hall–Kier alpha value is -3.79. The molecule has 0 saturated carbocycles. The molecule has 1 heterocycles. The Labute approximate surface area is 197 Å². The molecule has 33 heavy (non-hydrogen) atoms. The fraction of sp³-hybridized carbons (Fsp3) is 0.174. The van der Waals surface area contributed by atoms with Crippen molar-refractivity contribution >= 4 is 44.8 Å². The van der Waals surface area contributed by atoms with Crippen molar-refractivity contribution in [3.8, 4) is 0 Å². The maximum Gasteiger partial charge on any atom is 0.291 e. The van der Waals surface area contributed by atoms with Crippen molar-refractivity contribution in [2.24, 2.45) is 5.10 Å². The molecule has 2 aromatic carbocycles. The number of rotatable bonds is 5. The number of nitrogens with one attached hydrogen (secondary N) is 2. The molecule has 0 unspecified atom stereocenters. The number of aryl methyl sites for hydroxylation is 1. The lowest BCUT2D eigenvalue weighted by molar-refractivity contribution is -0.384. The third-order valence-corrected chi connectivity index (χ3v) is 5.95. The van der Waals surface area contributed by atoms with Crippen LogP contribution in [0.2, 0.25) is 0 Å². The molecule has 0 spiro atoms. The number of halogens is 1. The van der Waals surface area contributed by atoms with Gasteiger partial charge in [0, 0.05) is 39.8 Å². The highest BCUT2D eigenvalue weighted by Gasteiger charge is 2.28. The molecule has 0 fully saturated rings. The maximum atomic E-state index is 12.8. The number of hydrogen-bond acceptors (Lipinski definition) is 6. The lowest BCUT2D eigenvalue weighted by atomic mass is 9.93. The first-order valence-corrected chi connectivity index (χ1v) is 10.9. The van der Waals surface area contributed by atoms with Gasteiger partial charge in [-0.25, -0.2) is 5.43 Å². The summed E-state index contributed by atoms with van der Waals surface area (Å²) in [4.78, 5) is 35.8. The van der Waals surface area contributed by atoms with Gasteiger partial charge in [-0.2, -0.15) is 5.10 Å². The van der Waals surface area contributed by atoms with Gasteiger partial charge in [-0.1, -0.05) is 18.2 Å². The Morgan fingerprint density at radius 1 is 1.12 bits per heavy atom. The lowest BCUT2D eigenvalue weighted by Gasteiger charge is -2.13. The molecular weight excluding hydrogens is 492 g/mol. The number of anilines is 1. The van der Waals surface area contributed by atoms with E-state index in [1.165, 1.54) is 18.2 Å². The number of benzene rings is 2. The van der Waals surface area contributed by atoms with Crippen LogP contribution in [0.5, 0.6) is 0 Å². The highest BCUT2D eigenvalue weighted by atomic mass is 79.9. The van der Waals surface area contributed by atoms with Gasteiger partial charge in [0.15, 0.2) is 5.76 Å². The molecule has 168 valence electrons. The fourth-order valence-electron chi connectivity index (χ4n) is 3.71. The first kappa shape index (κ1) is 22.4. The minimum Gasteiger partial charge on any atom is -0.455 e. The number of non-ortho nitro benzene ring substituents is 1. The van der Waals surface area contributed by atoms with Crippen LogP contribution in [0.15, 0.2) is 62.5 Å². The van der Waals surface area contributed by atoms with Gasteiger partial charge in [0.1, 0.15) is 5.76 Å². The van der Waals surface area contributed by atoms with Gasteiger partial charge >= 0.3 is 0 Å². The second-order valence-electron chi connectivity index (χ2n) is 7.45. The molecule has 9 nitrogen and oxygen atoms in total. The third-order valence-electron chi connectivity index (χ3n) is 5.26. The maximum absolute atomic E-state index is 12.8. The lowest BCUT2D eigenvalue weighted by Crippen LogP contribution is -2.22. The van der Waals surface area contributed by atoms with E-state index in [4.69, 9.17) is 4.42 Å². The normalized spacial score (nSPS) is 13.9. The van der Waals surface area contributed by atoms with Gasteiger partial charge in [-0.05, 0) is 53.9 Å². The smallest absolute Gasteiger partial charge is 0.291 e. The molecular formula is C23H19BrN4O5. The van der Waals surface area contributed by atoms with E-state index in [-0.39, 0.29) is 23.0 Å². The standard InChI is InChI=1S/C23H19BrN4O5/c1-13-20-18(26-27-22(29)16-8-2-3-9-17(16)24)10-5-11-19(20)33-21(13)23(30)25-14-6-4-7-15(12-14)28(31)32/h2-4,6-9,12H,5,10-11H2,1H3,(H,25,30)(H,27,29)/b26-18+. The summed E-state index contributed by atoms with van der Waals surface area (Å²) < 4.78 is 6.50. The zero-order valence-electron chi connectivity index (χ0n) is 17.6. The summed E-state index contributed by atoms with van der Waals surface area (Å²) in [5, 5.41) is 17.9. The zero-order valence-corrected chi connectivity index (χ0v) is 19.1. The molecule has 0 saturated heterocycles. The van der Waals surface area contributed by atoms with Gasteiger partial charge in [0.25, 0.3) is 17.5 Å². The van der Waals surface area contributed by atoms with Crippen molar-refractivity contribution in [3.05, 3.63) is 91.3 Å². The van der Waals surface area contributed by atoms with Gasteiger partial charge in [0.2, 0.25) is 0 Å². The van der Waals surface area contributed by atoms with Crippen LogP contribution in [0.1, 0.15) is 50.6 Å². The van der Waals surface area contributed by atoms with Crippen LogP contribution in [-0.2, 0) is 6.42 Å². The minimum absolute atomic E-state index is 0.109. The highest BCUT2D eigenvalue weighted by molar-refractivity contribution is 9.10. The van der Waals surface area contributed by atoms with Crippen LogP contribution in [0, 0.1) is 17.0 Å². The average Bonchev–Trinajstić information content (AvgIpc) is 3.15. The molecule has 0 radical (unpaired) electrons. The fourth-order valence-corrected chi connectivity index (χ4v) is 4.17. The van der Waals surface area contributed by atoms with Crippen molar-refractivity contribution in [1.82, 2.24) is 5.43 Å². The zero-order chi connectivity index (χ0) is 23.5. The van der Waals surface area contributed by atoms with E-state index in [9.17, 15) is 19.7 Å². The number of hydrogen-bond donors (Lipinski definition) is 2. The molecule has 3 aromatic rings. The van der Waals surface area contributed by atoms with Gasteiger partial charge in [-0.3, -0.25) is 19.7 Å². The SMILES string of the molecule is Cc1c(C(=O)Nc2cccc([N+](=O)[O-])c2)oc2c1/C(=N/NC(=O)c1ccccc1Br)CCC2. The van der Waals surface area contributed by atoms with E-state index in [0.717, 1.165) is 6.42 Å². The van der Waals surface area contributed by atoms with Crippen LogP contribution < -0.4 is 10.7 Å². The van der Waals surface area contributed by atoms with E-state index in [1.807, 2.05) is 6.07 Å². The monoisotopic (exact) mass is 510 g/mol. The molecule has 1 aliphatic carbocycles. The molecule has 1 aliphatic rings. The first-order chi connectivity index (χ1) is 15.8. The largest absolute Gasteiger partial charge is 0.455 e. The van der Waals surface area contributed by atoms with Gasteiger partial charge in [-0.15, -0.1) is 0 Å². The summed E-state index contributed by atoms with van der Waals surface area (Å²) in [6.07, 6.45) is 2.02. The van der Waals surface area contributed by atoms with Crippen molar-refractivity contribution in [2.45, 2.75) is 26.2 Å². The Balaban J connectivity index is 1.57. The summed E-state index contributed by atoms with van der Waals surface area (Å²) in [7, 11) is 0. The quantitative estimate of drug-likeness (QED) is 0.369. The number of furan rings is 1. The number of fused-ring (bicyclic) bond motifs is 1. The molecule has 2 amide bonds. The average molecular weight is 511 g/mol. The minimum atomic E-state index is -0.530. The molecule has 2 N–H and O–H groups in total. The number of amides is 2. The topological polar surface area (TPSA) is 127 Å². The third kappa shape index (κ3) is 4.70. The molecule has 10 heteroatoms. The van der Waals surface area contributed by atoms with Crippen molar-refractivity contribution < 1.29 is 18.9 Å². The Morgan fingerprint density at radius 3 is 2.67 bits per heavy atom. The second-order valence-corrected chi connectivity index (χ2v) is 8.30. The van der Waals surface area contributed by atoms with Crippen LogP contribution in [-0.4, -0.2) is 22.4 Å². The second kappa shape index (κ2) is 9.37. The molecule has 1 aromatic heterocycles. The number of carbonyl (C=O) groups is 2. The van der Waals surface area contributed by atoms with Crippen LogP contribution >= 0.6 is 15.9 Å². The van der Waals surface area contributed by atoms with Crippen LogP contribution in [0.4, 0.5) is 11.4 Å². The highest BCUT2D eigenvalue weighted by Crippen LogP contribution is 2.30. The molecule has 0 bridgehead atoms. The molecule has 0 atom stereocenters. The Kier molecular flexibility index (Phi) is 6.36. The van der Waals surface area contributed by atoms with Gasteiger partial charge in [0.05, 0.1) is 16.2 Å². The summed E-state index contributed by atoms with van der Waals surface area (Å²) >= 11 is 3.35. The predicted molar refractivity (Wildman–Crippen MR) is 126 cm³/mol. The van der Waals surface area contributed by atoms with E-state index in [2.05, 4.69) is 31.8 Å². The number of nitrogens with zero attached hydrogens (tertiary/aromatic N) is 2. The van der Waals surface area contributed by atoms with E-state index in [1.54, 1.807) is 31.2 Å². The van der Waals surface area contributed by atoms with Crippen molar-refractivity contribution in [2.75, 3.05) is 5.32 Å². The number of carbonyl (C=O) groups excluding carboxylic acids is 2. The van der Waals surface area contributed by atoms with Crippen molar-refractivity contribution in [1.29, 1.82) is 0 Å². The van der Waals surface area contributed by atoms with Crippen LogP contribution in [0.25, 0.3) is 0 Å². The molecule has 0 aliphatic heterocycles. The Bertz CT molecular complexity index is 1300. The first-order valence-electron chi connectivity index (χ1n) is 10.1. The van der Waals surface area contributed by atoms with E-state index >= 15 is 0 Å². The number of hydrazone groups is 1. The van der Waals surface area contributed by atoms with Crippen molar-refractivity contribution in [3.63, 3.8) is 0 Å². The summed E-state index contributed by atoms with van der Waals surface area (Å²) in [6, 6.07) is 12.7. The number of nitro benzene ring substituents is 1. The van der Waals surface area contributed by atoms with Crippen LogP contribution in [0.3, 0.4) is 0 Å². The number of nitro groups is 1.